The molecule has 134 valence electrons. The van der Waals surface area contributed by atoms with Crippen molar-refractivity contribution in [3.63, 3.8) is 0 Å². The van der Waals surface area contributed by atoms with Gasteiger partial charge in [-0.2, -0.15) is 0 Å². The van der Waals surface area contributed by atoms with Crippen molar-refractivity contribution in [2.24, 2.45) is 0 Å². The van der Waals surface area contributed by atoms with Gasteiger partial charge < -0.3 is 21.3 Å². The fraction of sp³-hybridized carbons (Fsp3) is 0. The Balaban J connectivity index is 1.36. The number of para-hydroxylation sites is 4. The van der Waals surface area contributed by atoms with Crippen LogP contribution in [0.2, 0.25) is 0 Å². The molecule has 0 aromatic heterocycles. The molecule has 4 heteroatoms. The van der Waals surface area contributed by atoms with Gasteiger partial charge in [0.15, 0.2) is 0 Å². The summed E-state index contributed by atoms with van der Waals surface area (Å²) in [6, 6.07) is 29.5. The third-order valence-electron chi connectivity index (χ3n) is 5.30. The van der Waals surface area contributed by atoms with E-state index in [0.717, 1.165) is 45.5 Å². The maximum absolute atomic E-state index is 3.54. The fourth-order valence-corrected chi connectivity index (χ4v) is 3.86. The van der Waals surface area contributed by atoms with Crippen molar-refractivity contribution < 1.29 is 0 Å². The molecule has 0 spiro atoms. The summed E-state index contributed by atoms with van der Waals surface area (Å²) in [5.41, 5.74) is 11.1. The minimum absolute atomic E-state index is 1.09. The first-order valence-corrected chi connectivity index (χ1v) is 9.38. The highest BCUT2D eigenvalue weighted by Crippen LogP contribution is 2.43. The number of hydrogen-bond donors (Lipinski definition) is 4. The Bertz CT molecular complexity index is 1130. The molecule has 2 aliphatic heterocycles. The Morgan fingerprint density at radius 1 is 0.321 bits per heavy atom. The summed E-state index contributed by atoms with van der Waals surface area (Å²) in [6.45, 7) is 0. The summed E-state index contributed by atoms with van der Waals surface area (Å²) in [5, 5.41) is 14.1. The zero-order valence-electron chi connectivity index (χ0n) is 15.1. The van der Waals surface area contributed by atoms with Crippen LogP contribution in [-0.4, -0.2) is 0 Å². The van der Waals surface area contributed by atoms with Gasteiger partial charge in [-0.1, -0.05) is 36.4 Å². The maximum Gasteiger partial charge on any atom is 0.0630 e. The van der Waals surface area contributed by atoms with Crippen LogP contribution in [0.15, 0.2) is 84.9 Å². The Kier molecular flexibility index (Phi) is 3.14. The van der Waals surface area contributed by atoms with Crippen LogP contribution in [0.5, 0.6) is 0 Å². The quantitative estimate of drug-likeness (QED) is 0.255. The van der Waals surface area contributed by atoms with Crippen LogP contribution in [0.4, 0.5) is 45.5 Å². The number of benzene rings is 4. The van der Waals surface area contributed by atoms with Gasteiger partial charge in [-0.05, 0) is 59.7 Å². The number of anilines is 8. The molecule has 4 nitrogen and oxygen atoms in total. The van der Waals surface area contributed by atoms with E-state index in [-0.39, 0.29) is 0 Å². The molecule has 0 fully saturated rings. The highest BCUT2D eigenvalue weighted by molar-refractivity contribution is 5.94. The van der Waals surface area contributed by atoms with Crippen molar-refractivity contribution in [1.82, 2.24) is 0 Å². The van der Waals surface area contributed by atoms with Crippen LogP contribution in [0, 0.1) is 0 Å². The normalized spacial score (nSPS) is 12.7. The van der Waals surface area contributed by atoms with Crippen molar-refractivity contribution in [2.75, 3.05) is 21.3 Å². The van der Waals surface area contributed by atoms with Crippen LogP contribution in [0.25, 0.3) is 11.1 Å². The molecule has 0 amide bonds. The number of nitrogens with one attached hydrogen (secondary N) is 4. The van der Waals surface area contributed by atoms with E-state index in [1.54, 1.807) is 0 Å². The van der Waals surface area contributed by atoms with Crippen molar-refractivity contribution in [3.8, 4) is 11.1 Å². The second kappa shape index (κ2) is 5.79. The number of fused-ring (bicyclic) bond motifs is 4. The van der Waals surface area contributed by atoms with E-state index in [1.807, 2.05) is 24.3 Å². The Morgan fingerprint density at radius 3 is 1.04 bits per heavy atom. The van der Waals surface area contributed by atoms with E-state index in [2.05, 4.69) is 81.9 Å². The molecule has 0 saturated heterocycles. The zero-order valence-corrected chi connectivity index (χ0v) is 15.1. The smallest absolute Gasteiger partial charge is 0.0630 e. The lowest BCUT2D eigenvalue weighted by atomic mass is 10.0. The molecular weight excluding hydrogens is 344 g/mol. The third-order valence-corrected chi connectivity index (χ3v) is 5.30. The first kappa shape index (κ1) is 15.2. The molecule has 6 rings (SSSR count). The largest absolute Gasteiger partial charge is 0.352 e. The number of hydrogen-bond acceptors (Lipinski definition) is 4. The molecule has 0 aliphatic carbocycles. The van der Waals surface area contributed by atoms with Crippen LogP contribution < -0.4 is 21.3 Å². The molecule has 4 N–H and O–H groups in total. The van der Waals surface area contributed by atoms with Gasteiger partial charge in [-0.25, -0.2) is 0 Å². The van der Waals surface area contributed by atoms with Crippen molar-refractivity contribution in [3.05, 3.63) is 84.9 Å². The van der Waals surface area contributed by atoms with E-state index in [1.165, 1.54) is 11.1 Å². The molecule has 2 aliphatic rings. The second-order valence-corrected chi connectivity index (χ2v) is 7.11. The summed E-state index contributed by atoms with van der Waals surface area (Å²) in [4.78, 5) is 0. The van der Waals surface area contributed by atoms with Gasteiger partial charge in [0.1, 0.15) is 0 Å². The van der Waals surface area contributed by atoms with E-state index >= 15 is 0 Å². The Hall–Kier alpha value is -3.92. The fourth-order valence-electron chi connectivity index (χ4n) is 3.86. The lowest BCUT2D eigenvalue weighted by Gasteiger charge is -2.25. The molecule has 0 radical (unpaired) electrons. The number of rotatable bonds is 1. The van der Waals surface area contributed by atoms with Crippen LogP contribution >= 0.6 is 0 Å². The first-order chi connectivity index (χ1) is 13.8. The molecule has 0 saturated carbocycles. The SMILES string of the molecule is c1ccc2c(c1)Nc1ccc(-c3ccc4c(c3)Nc3ccccc3N4)cc1N2. The minimum Gasteiger partial charge on any atom is -0.352 e. The van der Waals surface area contributed by atoms with Gasteiger partial charge >= 0.3 is 0 Å². The minimum atomic E-state index is 1.09. The summed E-state index contributed by atoms with van der Waals surface area (Å²) < 4.78 is 0. The van der Waals surface area contributed by atoms with Gasteiger partial charge in [0.05, 0.1) is 45.5 Å². The van der Waals surface area contributed by atoms with E-state index in [9.17, 15) is 0 Å². The third kappa shape index (κ3) is 2.39. The summed E-state index contributed by atoms with van der Waals surface area (Å²) in [5.74, 6) is 0. The van der Waals surface area contributed by atoms with Gasteiger partial charge in [0.25, 0.3) is 0 Å². The first-order valence-electron chi connectivity index (χ1n) is 9.38. The molecule has 0 atom stereocenters. The molecule has 2 heterocycles. The molecule has 0 unspecified atom stereocenters. The predicted octanol–water partition coefficient (Wildman–Crippen LogP) is 6.95. The van der Waals surface area contributed by atoms with E-state index < -0.39 is 0 Å². The van der Waals surface area contributed by atoms with Crippen LogP contribution in [-0.2, 0) is 0 Å². The molecular formula is C24H18N4. The lowest BCUT2D eigenvalue weighted by molar-refractivity contribution is 1.43. The average Bonchev–Trinajstić information content (AvgIpc) is 2.75. The zero-order chi connectivity index (χ0) is 18.5. The molecule has 4 aromatic carbocycles. The van der Waals surface area contributed by atoms with Crippen LogP contribution in [0.3, 0.4) is 0 Å². The maximum atomic E-state index is 3.54. The van der Waals surface area contributed by atoms with Crippen molar-refractivity contribution >= 4 is 45.5 Å². The summed E-state index contributed by atoms with van der Waals surface area (Å²) in [7, 11) is 0. The molecule has 0 bridgehead atoms. The molecule has 28 heavy (non-hydrogen) atoms. The topological polar surface area (TPSA) is 48.1 Å². The standard InChI is InChI=1S/C24H18N4/c1-3-7-19-17(5-1)25-21-11-9-15(13-23(21)27-19)16-10-12-22-24(14-16)28-20-8-4-2-6-18(20)26-22/h1-14,25-28H. The predicted molar refractivity (Wildman–Crippen MR) is 118 cm³/mol. The van der Waals surface area contributed by atoms with Gasteiger partial charge in [-0.3, -0.25) is 0 Å². The van der Waals surface area contributed by atoms with Gasteiger partial charge in [0.2, 0.25) is 0 Å². The average molecular weight is 362 g/mol. The summed E-state index contributed by atoms with van der Waals surface area (Å²) in [6.07, 6.45) is 0. The van der Waals surface area contributed by atoms with Gasteiger partial charge in [0, 0.05) is 0 Å². The Labute approximate surface area is 163 Å². The van der Waals surface area contributed by atoms with E-state index in [4.69, 9.17) is 0 Å². The Morgan fingerprint density at radius 2 is 0.643 bits per heavy atom. The van der Waals surface area contributed by atoms with Crippen LogP contribution in [0.1, 0.15) is 0 Å². The van der Waals surface area contributed by atoms with Gasteiger partial charge in [-0.15, -0.1) is 0 Å². The highest BCUT2D eigenvalue weighted by Gasteiger charge is 2.17. The summed E-state index contributed by atoms with van der Waals surface area (Å²) >= 11 is 0. The van der Waals surface area contributed by atoms with Crippen molar-refractivity contribution in [2.45, 2.75) is 0 Å². The monoisotopic (exact) mass is 362 g/mol. The lowest BCUT2D eigenvalue weighted by Crippen LogP contribution is -2.06. The van der Waals surface area contributed by atoms with E-state index in [0.29, 0.717) is 0 Å². The highest BCUT2D eigenvalue weighted by atomic mass is 15.0. The van der Waals surface area contributed by atoms with Crippen molar-refractivity contribution in [1.29, 1.82) is 0 Å². The molecule has 4 aromatic rings. The second-order valence-electron chi connectivity index (χ2n) is 7.11.